The summed E-state index contributed by atoms with van der Waals surface area (Å²) >= 11 is 0. The molecule has 96 valence electrons. The van der Waals surface area contributed by atoms with Crippen molar-refractivity contribution in [2.75, 3.05) is 20.1 Å². The average Bonchev–Trinajstić information content (AvgIpc) is 2.27. The van der Waals surface area contributed by atoms with Crippen molar-refractivity contribution in [3.05, 3.63) is 0 Å². The average molecular weight is 249 g/mol. The lowest BCUT2D eigenvalue weighted by atomic mass is 9.83. The molecule has 0 aromatic rings. The smallest absolute Gasteiger partial charge is 0.279 e. The zero-order valence-corrected chi connectivity index (χ0v) is 11.0. The molecule has 0 aromatic carbocycles. The molecule has 0 amide bonds. The van der Waals surface area contributed by atoms with E-state index in [9.17, 15) is 8.42 Å². The van der Waals surface area contributed by atoms with E-state index in [0.717, 1.165) is 25.7 Å². The summed E-state index contributed by atoms with van der Waals surface area (Å²) in [6.45, 7) is 2.62. The minimum absolute atomic E-state index is 0.347. The summed E-state index contributed by atoms with van der Waals surface area (Å²) in [6, 6.07) is 0. The Morgan fingerprint density at radius 3 is 2.38 bits per heavy atom. The molecule has 1 aliphatic carbocycles. The van der Waals surface area contributed by atoms with Crippen molar-refractivity contribution >= 4 is 10.2 Å². The molecule has 16 heavy (non-hydrogen) atoms. The van der Waals surface area contributed by atoms with Crippen molar-refractivity contribution in [1.82, 2.24) is 9.03 Å². The first-order chi connectivity index (χ1) is 7.40. The van der Waals surface area contributed by atoms with Gasteiger partial charge in [0.05, 0.1) is 0 Å². The van der Waals surface area contributed by atoms with Crippen LogP contribution in [0, 0.1) is 0 Å². The van der Waals surface area contributed by atoms with E-state index in [0.29, 0.717) is 13.1 Å². The van der Waals surface area contributed by atoms with Gasteiger partial charge in [0.2, 0.25) is 0 Å². The lowest BCUT2D eigenvalue weighted by Gasteiger charge is -2.33. The minimum Gasteiger partial charge on any atom is -0.324 e. The van der Waals surface area contributed by atoms with Crippen molar-refractivity contribution in [2.24, 2.45) is 5.73 Å². The third-order valence-corrected chi connectivity index (χ3v) is 4.90. The van der Waals surface area contributed by atoms with Crippen molar-refractivity contribution in [1.29, 1.82) is 0 Å². The highest BCUT2D eigenvalue weighted by molar-refractivity contribution is 7.87. The molecular formula is C10H23N3O2S. The molecule has 0 aliphatic heterocycles. The van der Waals surface area contributed by atoms with Gasteiger partial charge in [-0.25, -0.2) is 4.72 Å². The van der Waals surface area contributed by atoms with Gasteiger partial charge in [-0.3, -0.25) is 0 Å². The fourth-order valence-corrected chi connectivity index (χ4v) is 2.98. The van der Waals surface area contributed by atoms with Gasteiger partial charge in [-0.2, -0.15) is 12.7 Å². The molecule has 5 nitrogen and oxygen atoms in total. The van der Waals surface area contributed by atoms with Crippen LogP contribution < -0.4 is 10.5 Å². The lowest BCUT2D eigenvalue weighted by Crippen LogP contribution is -2.53. The van der Waals surface area contributed by atoms with Crippen LogP contribution >= 0.6 is 0 Å². The van der Waals surface area contributed by atoms with E-state index in [1.807, 2.05) is 0 Å². The second kappa shape index (κ2) is 5.44. The lowest BCUT2D eigenvalue weighted by molar-refractivity contribution is 0.294. The fraction of sp³-hybridized carbons (Fsp3) is 1.00. The van der Waals surface area contributed by atoms with Crippen molar-refractivity contribution < 1.29 is 8.42 Å². The van der Waals surface area contributed by atoms with Crippen molar-refractivity contribution in [3.8, 4) is 0 Å². The molecular weight excluding hydrogens is 226 g/mol. The summed E-state index contributed by atoms with van der Waals surface area (Å²) < 4.78 is 27.3. The SMILES string of the molecule is CCN(C)S(=O)(=O)NCC1(N)CCCCC1. The monoisotopic (exact) mass is 249 g/mol. The fourth-order valence-electron chi connectivity index (χ4n) is 1.95. The molecule has 1 rings (SSSR count). The van der Waals surface area contributed by atoms with Crippen LogP contribution in [0.2, 0.25) is 0 Å². The first-order valence-corrected chi connectivity index (χ1v) is 7.33. The number of hydrogen-bond acceptors (Lipinski definition) is 3. The van der Waals surface area contributed by atoms with Crippen molar-refractivity contribution in [3.63, 3.8) is 0 Å². The van der Waals surface area contributed by atoms with E-state index in [2.05, 4.69) is 4.72 Å². The molecule has 0 saturated heterocycles. The summed E-state index contributed by atoms with van der Waals surface area (Å²) in [5, 5.41) is 0. The quantitative estimate of drug-likeness (QED) is 0.742. The Morgan fingerprint density at radius 1 is 1.31 bits per heavy atom. The normalized spacial score (nSPS) is 21.2. The largest absolute Gasteiger partial charge is 0.324 e. The first-order valence-electron chi connectivity index (χ1n) is 5.89. The van der Waals surface area contributed by atoms with E-state index in [1.165, 1.54) is 10.7 Å². The van der Waals surface area contributed by atoms with Crippen LogP contribution in [0.25, 0.3) is 0 Å². The van der Waals surface area contributed by atoms with Crippen LogP contribution in [0.15, 0.2) is 0 Å². The summed E-state index contributed by atoms with van der Waals surface area (Å²) in [7, 11) is -1.78. The molecule has 1 aliphatic rings. The predicted octanol–water partition coefficient (Wildman–Crippen LogP) is 0.434. The van der Waals surface area contributed by atoms with E-state index in [-0.39, 0.29) is 5.54 Å². The Kier molecular flexibility index (Phi) is 4.73. The van der Waals surface area contributed by atoms with Gasteiger partial charge in [0.15, 0.2) is 0 Å². The van der Waals surface area contributed by atoms with Gasteiger partial charge in [0.1, 0.15) is 0 Å². The van der Waals surface area contributed by atoms with Crippen LogP contribution in [0.5, 0.6) is 0 Å². The molecule has 3 N–H and O–H groups in total. The summed E-state index contributed by atoms with van der Waals surface area (Å²) in [5.74, 6) is 0. The molecule has 0 heterocycles. The second-order valence-electron chi connectivity index (χ2n) is 4.66. The highest BCUT2D eigenvalue weighted by Gasteiger charge is 2.29. The number of nitrogens with one attached hydrogen (secondary N) is 1. The molecule has 0 unspecified atom stereocenters. The second-order valence-corrected chi connectivity index (χ2v) is 6.53. The van der Waals surface area contributed by atoms with Gasteiger partial charge < -0.3 is 5.73 Å². The van der Waals surface area contributed by atoms with Gasteiger partial charge in [-0.15, -0.1) is 0 Å². The molecule has 0 radical (unpaired) electrons. The van der Waals surface area contributed by atoms with Gasteiger partial charge in [0.25, 0.3) is 10.2 Å². The maximum absolute atomic E-state index is 11.7. The van der Waals surface area contributed by atoms with Gasteiger partial charge >= 0.3 is 0 Å². The highest BCUT2D eigenvalue weighted by atomic mass is 32.2. The number of rotatable bonds is 5. The Hall–Kier alpha value is -0.170. The number of hydrogen-bond donors (Lipinski definition) is 2. The van der Waals surface area contributed by atoms with E-state index in [1.54, 1.807) is 14.0 Å². The van der Waals surface area contributed by atoms with E-state index < -0.39 is 10.2 Å². The van der Waals surface area contributed by atoms with Gasteiger partial charge in [0, 0.05) is 25.7 Å². The Labute approximate surface area is 98.6 Å². The Balaban J connectivity index is 2.50. The summed E-state index contributed by atoms with van der Waals surface area (Å²) in [6.07, 6.45) is 5.22. The maximum Gasteiger partial charge on any atom is 0.279 e. The van der Waals surface area contributed by atoms with Crippen LogP contribution in [0.3, 0.4) is 0 Å². The number of nitrogens with zero attached hydrogens (tertiary/aromatic N) is 1. The molecule has 0 atom stereocenters. The van der Waals surface area contributed by atoms with Gasteiger partial charge in [-0.1, -0.05) is 26.2 Å². The molecule has 6 heteroatoms. The van der Waals surface area contributed by atoms with Crippen molar-refractivity contribution in [2.45, 2.75) is 44.6 Å². The highest BCUT2D eigenvalue weighted by Crippen LogP contribution is 2.25. The molecule has 1 saturated carbocycles. The Morgan fingerprint density at radius 2 is 1.88 bits per heavy atom. The standard InChI is InChI=1S/C10H23N3O2S/c1-3-13(2)16(14,15)12-9-10(11)7-5-4-6-8-10/h12H,3-9,11H2,1-2H3. The predicted molar refractivity (Wildman–Crippen MR) is 65.2 cm³/mol. The third kappa shape index (κ3) is 3.69. The first kappa shape index (κ1) is 13.9. The maximum atomic E-state index is 11.7. The van der Waals surface area contributed by atoms with E-state index >= 15 is 0 Å². The zero-order chi connectivity index (χ0) is 12.2. The summed E-state index contributed by atoms with van der Waals surface area (Å²) in [5.41, 5.74) is 5.82. The molecule has 0 bridgehead atoms. The third-order valence-electron chi connectivity index (χ3n) is 3.31. The van der Waals surface area contributed by atoms with Crippen LogP contribution in [-0.2, 0) is 10.2 Å². The molecule has 1 fully saturated rings. The van der Waals surface area contributed by atoms with E-state index in [4.69, 9.17) is 5.73 Å². The van der Waals surface area contributed by atoms with Crippen LogP contribution in [0.4, 0.5) is 0 Å². The Bertz CT molecular complexity index is 310. The minimum atomic E-state index is -3.34. The number of nitrogens with two attached hydrogens (primary N) is 1. The van der Waals surface area contributed by atoms with Crippen LogP contribution in [-0.4, -0.2) is 38.4 Å². The topological polar surface area (TPSA) is 75.4 Å². The molecule has 0 aromatic heterocycles. The van der Waals surface area contributed by atoms with Gasteiger partial charge in [-0.05, 0) is 12.8 Å². The summed E-state index contributed by atoms with van der Waals surface area (Å²) in [4.78, 5) is 0. The van der Waals surface area contributed by atoms with Crippen LogP contribution in [0.1, 0.15) is 39.0 Å². The molecule has 0 spiro atoms. The zero-order valence-electron chi connectivity index (χ0n) is 10.2.